The summed E-state index contributed by atoms with van der Waals surface area (Å²) >= 11 is 0. The molecule has 1 aliphatic heterocycles. The number of aromatic nitrogens is 2. The smallest absolute Gasteiger partial charge is 0.223 e. The Bertz CT molecular complexity index is 1250. The number of carbonyl (C=O) groups excluding carboxylic acids is 1. The second-order valence-corrected chi connectivity index (χ2v) is 8.61. The number of nitrogens with zero attached hydrogens (tertiary/aromatic N) is 3. The van der Waals surface area contributed by atoms with E-state index in [4.69, 9.17) is 14.5 Å². The van der Waals surface area contributed by atoms with Crippen LogP contribution < -0.4 is 9.47 Å². The van der Waals surface area contributed by atoms with Crippen LogP contribution in [-0.2, 0) is 17.8 Å². The molecule has 0 aliphatic carbocycles. The van der Waals surface area contributed by atoms with E-state index in [0.29, 0.717) is 26.1 Å². The number of hydrogen-bond acceptors (Lipinski definition) is 4. The molecule has 1 fully saturated rings. The Morgan fingerprint density at radius 1 is 0.912 bits per heavy atom. The van der Waals surface area contributed by atoms with E-state index < -0.39 is 0 Å². The largest absolute Gasteiger partial charge is 0.497 e. The molecule has 0 bridgehead atoms. The van der Waals surface area contributed by atoms with Gasteiger partial charge in [0, 0.05) is 25.4 Å². The molecule has 174 valence electrons. The Hall–Kier alpha value is -3.80. The summed E-state index contributed by atoms with van der Waals surface area (Å²) in [5.74, 6) is 2.86. The number of benzene rings is 3. The van der Waals surface area contributed by atoms with Crippen molar-refractivity contribution in [3.8, 4) is 11.5 Å². The second kappa shape index (κ2) is 10.00. The Morgan fingerprint density at radius 3 is 2.44 bits per heavy atom. The molecule has 6 heteroatoms. The van der Waals surface area contributed by atoms with Crippen LogP contribution in [-0.4, -0.2) is 47.2 Å². The zero-order valence-electron chi connectivity index (χ0n) is 19.4. The van der Waals surface area contributed by atoms with Crippen LogP contribution in [0.25, 0.3) is 11.0 Å². The van der Waals surface area contributed by atoms with E-state index in [1.165, 1.54) is 5.56 Å². The van der Waals surface area contributed by atoms with Gasteiger partial charge in [-0.05, 0) is 48.4 Å². The summed E-state index contributed by atoms with van der Waals surface area (Å²) in [4.78, 5) is 19.7. The van der Waals surface area contributed by atoms with Gasteiger partial charge in [-0.15, -0.1) is 0 Å². The van der Waals surface area contributed by atoms with Gasteiger partial charge in [0.2, 0.25) is 5.91 Å². The highest BCUT2D eigenvalue weighted by Crippen LogP contribution is 2.30. The van der Waals surface area contributed by atoms with Gasteiger partial charge in [0.15, 0.2) is 0 Å². The van der Waals surface area contributed by atoms with Crippen molar-refractivity contribution in [2.75, 3.05) is 26.8 Å². The number of hydrogen-bond donors (Lipinski definition) is 0. The minimum atomic E-state index is 0.0802. The predicted octanol–water partition coefficient (Wildman–Crippen LogP) is 4.68. The SMILES string of the molecule is COc1ccc(OCCn2c(C3CC(=O)N(CCc4ccccc4)C3)nc3ccccc32)cc1. The van der Waals surface area contributed by atoms with Crippen molar-refractivity contribution in [3.63, 3.8) is 0 Å². The highest BCUT2D eigenvalue weighted by Gasteiger charge is 2.33. The van der Waals surface area contributed by atoms with Crippen LogP contribution in [0.3, 0.4) is 0 Å². The maximum atomic E-state index is 12.8. The fourth-order valence-corrected chi connectivity index (χ4v) is 4.64. The molecular weight excluding hydrogens is 426 g/mol. The molecule has 4 aromatic rings. The van der Waals surface area contributed by atoms with Crippen LogP contribution in [0, 0.1) is 0 Å². The molecule has 0 N–H and O–H groups in total. The lowest BCUT2D eigenvalue weighted by Crippen LogP contribution is -2.27. The number of fused-ring (bicyclic) bond motifs is 1. The van der Waals surface area contributed by atoms with Crippen LogP contribution in [0.5, 0.6) is 11.5 Å². The molecule has 0 radical (unpaired) electrons. The molecule has 1 aliphatic rings. The van der Waals surface area contributed by atoms with Crippen molar-refractivity contribution in [1.29, 1.82) is 0 Å². The lowest BCUT2D eigenvalue weighted by atomic mass is 10.1. The number of ether oxygens (including phenoxy) is 2. The standard InChI is InChI=1S/C28H29N3O3/c1-33-23-11-13-24(14-12-23)34-18-17-31-26-10-6-5-9-25(26)29-28(31)22-19-27(32)30(20-22)16-15-21-7-3-2-4-8-21/h2-14,22H,15-20H2,1H3. The summed E-state index contributed by atoms with van der Waals surface area (Å²) in [6.45, 7) is 2.61. The molecule has 2 heterocycles. The van der Waals surface area contributed by atoms with E-state index in [-0.39, 0.29) is 11.8 Å². The van der Waals surface area contributed by atoms with Crippen molar-refractivity contribution in [2.45, 2.75) is 25.3 Å². The number of amides is 1. The number of likely N-dealkylation sites (tertiary alicyclic amines) is 1. The van der Waals surface area contributed by atoms with Gasteiger partial charge < -0.3 is 18.9 Å². The topological polar surface area (TPSA) is 56.6 Å². The van der Waals surface area contributed by atoms with E-state index in [2.05, 4.69) is 22.8 Å². The Balaban J connectivity index is 1.29. The van der Waals surface area contributed by atoms with E-state index >= 15 is 0 Å². The first-order valence-electron chi connectivity index (χ1n) is 11.7. The third kappa shape index (κ3) is 4.76. The van der Waals surface area contributed by atoms with Gasteiger partial charge in [-0.25, -0.2) is 4.98 Å². The number of methoxy groups -OCH3 is 1. The number of para-hydroxylation sites is 2. The molecule has 0 spiro atoms. The summed E-state index contributed by atoms with van der Waals surface area (Å²) < 4.78 is 13.4. The van der Waals surface area contributed by atoms with Gasteiger partial charge in [-0.2, -0.15) is 0 Å². The first-order chi connectivity index (χ1) is 16.7. The van der Waals surface area contributed by atoms with Gasteiger partial charge in [-0.3, -0.25) is 4.79 Å². The maximum absolute atomic E-state index is 12.8. The van der Waals surface area contributed by atoms with Crippen LogP contribution in [0.2, 0.25) is 0 Å². The highest BCUT2D eigenvalue weighted by molar-refractivity contribution is 5.81. The van der Waals surface area contributed by atoms with E-state index in [9.17, 15) is 4.79 Å². The summed E-state index contributed by atoms with van der Waals surface area (Å²) in [5, 5.41) is 0. The molecule has 34 heavy (non-hydrogen) atoms. The van der Waals surface area contributed by atoms with Crippen molar-refractivity contribution in [3.05, 3.63) is 90.3 Å². The minimum absolute atomic E-state index is 0.0802. The quantitative estimate of drug-likeness (QED) is 0.368. The zero-order valence-corrected chi connectivity index (χ0v) is 19.4. The summed E-state index contributed by atoms with van der Waals surface area (Å²) in [6, 6.07) is 26.1. The molecule has 1 unspecified atom stereocenters. The third-order valence-electron chi connectivity index (χ3n) is 6.42. The zero-order chi connectivity index (χ0) is 23.3. The average Bonchev–Trinajstić information content (AvgIpc) is 3.44. The minimum Gasteiger partial charge on any atom is -0.497 e. The normalized spacial score (nSPS) is 15.7. The fraction of sp³-hybridized carbons (Fsp3) is 0.286. The first kappa shape index (κ1) is 22.0. The molecule has 6 nitrogen and oxygen atoms in total. The van der Waals surface area contributed by atoms with E-state index in [1.54, 1.807) is 7.11 Å². The van der Waals surface area contributed by atoms with Crippen molar-refractivity contribution < 1.29 is 14.3 Å². The number of imidazole rings is 1. The van der Waals surface area contributed by atoms with Gasteiger partial charge in [0.25, 0.3) is 0 Å². The number of carbonyl (C=O) groups is 1. The number of rotatable bonds is 9. The Morgan fingerprint density at radius 2 is 1.65 bits per heavy atom. The maximum Gasteiger partial charge on any atom is 0.223 e. The monoisotopic (exact) mass is 455 g/mol. The molecular formula is C28H29N3O3. The third-order valence-corrected chi connectivity index (χ3v) is 6.42. The van der Waals surface area contributed by atoms with Crippen molar-refractivity contribution in [1.82, 2.24) is 14.5 Å². The van der Waals surface area contributed by atoms with E-state index in [1.807, 2.05) is 65.6 Å². The molecule has 5 rings (SSSR count). The molecule has 1 saturated heterocycles. The van der Waals surface area contributed by atoms with Gasteiger partial charge >= 0.3 is 0 Å². The van der Waals surface area contributed by atoms with Gasteiger partial charge in [-0.1, -0.05) is 42.5 Å². The highest BCUT2D eigenvalue weighted by atomic mass is 16.5. The van der Waals surface area contributed by atoms with Crippen LogP contribution in [0.15, 0.2) is 78.9 Å². The Kier molecular flexibility index (Phi) is 6.47. The molecule has 3 aromatic carbocycles. The second-order valence-electron chi connectivity index (χ2n) is 8.61. The summed E-state index contributed by atoms with van der Waals surface area (Å²) in [5.41, 5.74) is 3.28. The van der Waals surface area contributed by atoms with Crippen LogP contribution >= 0.6 is 0 Å². The summed E-state index contributed by atoms with van der Waals surface area (Å²) in [6.07, 6.45) is 1.36. The molecule has 1 amide bonds. The van der Waals surface area contributed by atoms with Crippen molar-refractivity contribution >= 4 is 16.9 Å². The van der Waals surface area contributed by atoms with Gasteiger partial charge in [0.05, 0.1) is 24.7 Å². The lowest BCUT2D eigenvalue weighted by Gasteiger charge is -2.17. The molecule has 1 atom stereocenters. The van der Waals surface area contributed by atoms with Crippen molar-refractivity contribution in [2.24, 2.45) is 0 Å². The first-order valence-corrected chi connectivity index (χ1v) is 11.7. The fourth-order valence-electron chi connectivity index (χ4n) is 4.64. The van der Waals surface area contributed by atoms with Gasteiger partial charge in [0.1, 0.15) is 23.9 Å². The van der Waals surface area contributed by atoms with Crippen LogP contribution in [0.1, 0.15) is 23.7 Å². The lowest BCUT2D eigenvalue weighted by molar-refractivity contribution is -0.127. The average molecular weight is 456 g/mol. The molecule has 0 saturated carbocycles. The predicted molar refractivity (Wildman–Crippen MR) is 132 cm³/mol. The van der Waals surface area contributed by atoms with Crippen LogP contribution in [0.4, 0.5) is 0 Å². The summed E-state index contributed by atoms with van der Waals surface area (Å²) in [7, 11) is 1.65. The van der Waals surface area contributed by atoms with E-state index in [0.717, 1.165) is 41.3 Å². The molecule has 1 aromatic heterocycles. The Labute approximate surface area is 199 Å².